The molecule has 0 unspecified atom stereocenters. The summed E-state index contributed by atoms with van der Waals surface area (Å²) in [5, 5.41) is 0. The largest absolute Gasteiger partial charge is 0.453 e. The number of urea groups is 1. The van der Waals surface area contributed by atoms with Crippen LogP contribution in [0.25, 0.3) is 0 Å². The van der Waals surface area contributed by atoms with Gasteiger partial charge in [0.25, 0.3) is 0 Å². The zero-order valence-corrected chi connectivity index (χ0v) is 20.2. The van der Waals surface area contributed by atoms with Gasteiger partial charge in [-0.3, -0.25) is 15.8 Å². The Morgan fingerprint density at radius 2 is 1.80 bits per heavy atom. The van der Waals surface area contributed by atoms with Gasteiger partial charge in [-0.05, 0) is 54.7 Å². The highest BCUT2D eigenvalue weighted by atomic mass is 19.1. The van der Waals surface area contributed by atoms with Crippen molar-refractivity contribution >= 4 is 17.8 Å². The molecular weight excluding hydrogens is 449 g/mol. The predicted octanol–water partition coefficient (Wildman–Crippen LogP) is 3.37. The molecule has 9 heteroatoms. The molecule has 0 saturated carbocycles. The Kier molecular flexibility index (Phi) is 6.37. The van der Waals surface area contributed by atoms with Gasteiger partial charge < -0.3 is 14.5 Å². The Bertz CT molecular complexity index is 1090. The van der Waals surface area contributed by atoms with Crippen molar-refractivity contribution in [2.45, 2.75) is 37.8 Å². The van der Waals surface area contributed by atoms with E-state index < -0.39 is 5.54 Å². The van der Waals surface area contributed by atoms with Gasteiger partial charge in [0, 0.05) is 44.3 Å². The van der Waals surface area contributed by atoms with E-state index in [1.165, 1.54) is 18.7 Å². The van der Waals surface area contributed by atoms with Crippen LogP contribution in [0, 0.1) is 12.7 Å². The molecule has 35 heavy (non-hydrogen) atoms. The third-order valence-electron chi connectivity index (χ3n) is 7.82. The van der Waals surface area contributed by atoms with Crippen molar-refractivity contribution < 1.29 is 18.7 Å². The molecule has 8 nitrogen and oxygen atoms in total. The number of likely N-dealkylation sites (tertiary alicyclic amines) is 1. The minimum absolute atomic E-state index is 0.0860. The molecule has 2 aromatic carbocycles. The van der Waals surface area contributed by atoms with E-state index in [-0.39, 0.29) is 17.9 Å². The highest BCUT2D eigenvalue weighted by Gasteiger charge is 2.51. The number of nitrogens with one attached hydrogen (secondary N) is 2. The molecular formula is C26H32FN5O3. The quantitative estimate of drug-likeness (QED) is 0.700. The second kappa shape index (κ2) is 9.47. The van der Waals surface area contributed by atoms with Crippen molar-refractivity contribution in [3.05, 3.63) is 65.0 Å². The maximum Gasteiger partial charge on any atom is 0.409 e. The highest BCUT2D eigenvalue weighted by molar-refractivity contribution is 5.95. The lowest BCUT2D eigenvalue weighted by Crippen LogP contribution is -2.55. The summed E-state index contributed by atoms with van der Waals surface area (Å²) >= 11 is 0. The number of amides is 3. The zero-order chi connectivity index (χ0) is 24.6. The molecule has 0 radical (unpaired) electrons. The number of benzene rings is 2. The van der Waals surface area contributed by atoms with Gasteiger partial charge in [-0.25, -0.2) is 14.0 Å². The fourth-order valence-electron chi connectivity index (χ4n) is 5.51. The number of hydrogen-bond acceptors (Lipinski definition) is 5. The molecule has 3 saturated heterocycles. The van der Waals surface area contributed by atoms with E-state index in [2.05, 4.69) is 23.0 Å². The molecule has 2 N–H and O–H groups in total. The van der Waals surface area contributed by atoms with Crippen molar-refractivity contribution in [1.82, 2.24) is 20.7 Å². The standard InChI is InChI=1S/C26H32FN5O3/c1-18-20(4-3-5-23(18)27)16-32-24(33)31(17-26(32)10-12-30(13-11-26)25(34)35-2)22-8-6-19(7-9-22)21-14-28-29-15-21/h3-9,21,28-29H,10-17H2,1-2H3. The number of anilines is 1. The van der Waals surface area contributed by atoms with Gasteiger partial charge in [-0.2, -0.15) is 0 Å². The van der Waals surface area contributed by atoms with Crippen molar-refractivity contribution in [2.24, 2.45) is 0 Å². The second-order valence-electron chi connectivity index (χ2n) is 9.71. The molecule has 0 aromatic heterocycles. The molecule has 3 aliphatic rings. The summed E-state index contributed by atoms with van der Waals surface area (Å²) < 4.78 is 19.2. The van der Waals surface area contributed by atoms with Crippen LogP contribution in [0.1, 0.15) is 35.4 Å². The van der Waals surface area contributed by atoms with Crippen molar-refractivity contribution in [2.75, 3.05) is 44.7 Å². The normalized spacial score (nSPS) is 20.2. The van der Waals surface area contributed by atoms with E-state index in [0.717, 1.165) is 24.3 Å². The lowest BCUT2D eigenvalue weighted by molar-refractivity contribution is 0.0615. The van der Waals surface area contributed by atoms with Gasteiger partial charge in [-0.15, -0.1) is 0 Å². The van der Waals surface area contributed by atoms with E-state index in [1.807, 2.05) is 28.0 Å². The van der Waals surface area contributed by atoms with Gasteiger partial charge in [0.15, 0.2) is 0 Å². The topological polar surface area (TPSA) is 77.1 Å². The van der Waals surface area contributed by atoms with Crippen LogP contribution in [-0.2, 0) is 11.3 Å². The Morgan fingerprint density at radius 3 is 2.46 bits per heavy atom. The van der Waals surface area contributed by atoms with Crippen LogP contribution < -0.4 is 15.8 Å². The number of rotatable bonds is 4. The monoisotopic (exact) mass is 481 g/mol. The molecule has 186 valence electrons. The number of carbonyl (C=O) groups excluding carboxylic acids is 2. The van der Waals surface area contributed by atoms with Gasteiger partial charge in [0.1, 0.15) is 5.82 Å². The summed E-state index contributed by atoms with van der Waals surface area (Å²) in [5.74, 6) is 0.131. The van der Waals surface area contributed by atoms with Gasteiger partial charge >= 0.3 is 12.1 Å². The van der Waals surface area contributed by atoms with E-state index in [9.17, 15) is 14.0 Å². The maximum absolute atomic E-state index is 14.3. The van der Waals surface area contributed by atoms with Gasteiger partial charge in [0.05, 0.1) is 19.2 Å². The number of hydrazine groups is 1. The Balaban J connectivity index is 1.43. The van der Waals surface area contributed by atoms with Crippen LogP contribution in [0.2, 0.25) is 0 Å². The van der Waals surface area contributed by atoms with Crippen molar-refractivity contribution in [3.63, 3.8) is 0 Å². The smallest absolute Gasteiger partial charge is 0.409 e. The SMILES string of the molecule is COC(=O)N1CCC2(CC1)CN(c1ccc(C3CNNC3)cc1)C(=O)N2Cc1cccc(F)c1C. The summed E-state index contributed by atoms with van der Waals surface area (Å²) in [5.41, 5.74) is 9.30. The minimum Gasteiger partial charge on any atom is -0.453 e. The molecule has 5 rings (SSSR count). The molecule has 3 amide bonds. The summed E-state index contributed by atoms with van der Waals surface area (Å²) in [7, 11) is 1.38. The fraction of sp³-hybridized carbons (Fsp3) is 0.462. The van der Waals surface area contributed by atoms with Crippen molar-refractivity contribution in [1.29, 1.82) is 0 Å². The van der Waals surface area contributed by atoms with Crippen molar-refractivity contribution in [3.8, 4) is 0 Å². The zero-order valence-electron chi connectivity index (χ0n) is 20.2. The maximum atomic E-state index is 14.3. The molecule has 0 bridgehead atoms. The number of halogens is 1. The lowest BCUT2D eigenvalue weighted by Gasteiger charge is -2.43. The van der Waals surface area contributed by atoms with Crippen LogP contribution in [0.4, 0.5) is 19.7 Å². The summed E-state index contributed by atoms with van der Waals surface area (Å²) in [6.07, 6.45) is 0.923. The molecule has 3 aliphatic heterocycles. The van der Waals surface area contributed by atoms with Crippen LogP contribution in [-0.4, -0.2) is 67.3 Å². The Morgan fingerprint density at radius 1 is 1.11 bits per heavy atom. The number of piperidine rings is 1. The summed E-state index contributed by atoms with van der Waals surface area (Å²) in [6.45, 7) is 5.38. The first kappa shape index (κ1) is 23.6. The van der Waals surface area contributed by atoms with Crippen LogP contribution in [0.15, 0.2) is 42.5 Å². The van der Waals surface area contributed by atoms with Gasteiger partial charge in [-0.1, -0.05) is 24.3 Å². The number of methoxy groups -OCH3 is 1. The number of carbonyl (C=O) groups is 2. The predicted molar refractivity (Wildman–Crippen MR) is 131 cm³/mol. The highest BCUT2D eigenvalue weighted by Crippen LogP contribution is 2.40. The number of nitrogens with zero attached hydrogens (tertiary/aromatic N) is 3. The first-order chi connectivity index (χ1) is 16.9. The Labute approximate surface area is 205 Å². The van der Waals surface area contributed by atoms with Gasteiger partial charge in [0.2, 0.25) is 0 Å². The molecule has 2 aromatic rings. The average Bonchev–Trinajstić information content (AvgIpc) is 3.51. The van der Waals surface area contributed by atoms with E-state index >= 15 is 0 Å². The van der Waals surface area contributed by atoms with E-state index in [4.69, 9.17) is 4.74 Å². The first-order valence-corrected chi connectivity index (χ1v) is 12.1. The summed E-state index contributed by atoms with van der Waals surface area (Å²) in [6, 6.07) is 13.1. The third-order valence-corrected chi connectivity index (χ3v) is 7.82. The molecule has 3 fully saturated rings. The first-order valence-electron chi connectivity index (χ1n) is 12.1. The summed E-state index contributed by atoms with van der Waals surface area (Å²) in [4.78, 5) is 31.3. The lowest BCUT2D eigenvalue weighted by atomic mass is 9.86. The Hall–Kier alpha value is -3.17. The van der Waals surface area contributed by atoms with E-state index in [1.54, 1.807) is 17.9 Å². The number of hydrogen-bond donors (Lipinski definition) is 2. The van der Waals surface area contributed by atoms with Crippen LogP contribution in [0.5, 0.6) is 0 Å². The minimum atomic E-state index is -0.446. The van der Waals surface area contributed by atoms with Crippen LogP contribution in [0.3, 0.4) is 0 Å². The average molecular weight is 482 g/mol. The molecule has 3 heterocycles. The fourth-order valence-corrected chi connectivity index (χ4v) is 5.51. The molecule has 1 spiro atoms. The second-order valence-corrected chi connectivity index (χ2v) is 9.71. The van der Waals surface area contributed by atoms with Crippen LogP contribution >= 0.6 is 0 Å². The number of ether oxygens (including phenoxy) is 1. The molecule has 0 atom stereocenters. The third kappa shape index (κ3) is 4.34. The van der Waals surface area contributed by atoms with E-state index in [0.29, 0.717) is 50.5 Å². The molecule has 0 aliphatic carbocycles.